The van der Waals surface area contributed by atoms with Crippen LogP contribution in [0.1, 0.15) is 26.0 Å². The third kappa shape index (κ3) is 4.54. The highest BCUT2D eigenvalue weighted by Gasteiger charge is 2.05. The average Bonchev–Trinajstić information content (AvgIpc) is 2.99. The summed E-state index contributed by atoms with van der Waals surface area (Å²) in [6.45, 7) is 7.95. The van der Waals surface area contributed by atoms with Crippen molar-refractivity contribution in [3.8, 4) is 0 Å². The van der Waals surface area contributed by atoms with Crippen LogP contribution in [0.5, 0.6) is 0 Å². The molecule has 21 heavy (non-hydrogen) atoms. The molecule has 0 aliphatic heterocycles. The van der Waals surface area contributed by atoms with E-state index >= 15 is 0 Å². The van der Waals surface area contributed by atoms with Gasteiger partial charge in [0, 0.05) is 29.8 Å². The summed E-state index contributed by atoms with van der Waals surface area (Å²) in [6.07, 6.45) is 0.982. The van der Waals surface area contributed by atoms with Gasteiger partial charge in [0.2, 0.25) is 0 Å². The molecule has 0 radical (unpaired) electrons. The second kappa shape index (κ2) is 7.56. The molecule has 0 fully saturated rings. The van der Waals surface area contributed by atoms with Crippen LogP contribution in [0, 0.1) is 20.8 Å². The minimum absolute atomic E-state index is 0.821. The minimum atomic E-state index is 0.821. The molecule has 0 saturated heterocycles. The third-order valence-corrected chi connectivity index (χ3v) is 5.41. The number of rotatable bonds is 5. The van der Waals surface area contributed by atoms with Crippen LogP contribution in [0.4, 0.5) is 0 Å². The lowest BCUT2D eigenvalue weighted by atomic mass is 10.3. The van der Waals surface area contributed by atoms with E-state index in [1.807, 2.05) is 0 Å². The maximum absolute atomic E-state index is 4.46. The Morgan fingerprint density at radius 1 is 1.24 bits per heavy atom. The minimum Gasteiger partial charge on any atom is -0.356 e. The van der Waals surface area contributed by atoms with E-state index in [-0.39, 0.29) is 0 Å². The number of guanidine groups is 1. The van der Waals surface area contributed by atoms with Crippen LogP contribution in [0.15, 0.2) is 16.4 Å². The molecule has 2 N–H and O–H groups in total. The van der Waals surface area contributed by atoms with Gasteiger partial charge in [-0.1, -0.05) is 0 Å². The molecule has 2 heterocycles. The molecule has 4 nitrogen and oxygen atoms in total. The van der Waals surface area contributed by atoms with Crippen molar-refractivity contribution < 1.29 is 0 Å². The Labute approximate surface area is 134 Å². The van der Waals surface area contributed by atoms with Crippen molar-refractivity contribution in [1.29, 1.82) is 0 Å². The number of hydrogen-bond donors (Lipinski definition) is 2. The van der Waals surface area contributed by atoms with Gasteiger partial charge in [-0.3, -0.25) is 4.99 Å². The number of thiophene rings is 1. The maximum atomic E-state index is 4.46. The highest BCUT2D eigenvalue weighted by molar-refractivity contribution is 7.11. The fourth-order valence-electron chi connectivity index (χ4n) is 2.07. The largest absolute Gasteiger partial charge is 0.356 e. The zero-order valence-electron chi connectivity index (χ0n) is 13.0. The van der Waals surface area contributed by atoms with Crippen molar-refractivity contribution in [3.05, 3.63) is 37.5 Å². The van der Waals surface area contributed by atoms with Gasteiger partial charge in [0.1, 0.15) is 0 Å². The molecule has 0 aromatic carbocycles. The molecule has 6 heteroatoms. The van der Waals surface area contributed by atoms with Crippen LogP contribution in [-0.4, -0.2) is 24.5 Å². The summed E-state index contributed by atoms with van der Waals surface area (Å²) < 4.78 is 0. The number of aryl methyl sites for hydroxylation is 3. The van der Waals surface area contributed by atoms with Crippen LogP contribution in [0.25, 0.3) is 0 Å². The standard InChI is InChI=1S/C15H22N4S2/c1-10-6-8-20-14(10)9-18-15(16-4)17-7-5-13-11(2)19-12(3)21-13/h6,8H,5,7,9H2,1-4H3,(H2,16,17,18). The van der Waals surface area contributed by atoms with Gasteiger partial charge in [-0.2, -0.15) is 0 Å². The molecule has 0 atom stereocenters. The van der Waals surface area contributed by atoms with E-state index in [1.54, 1.807) is 29.7 Å². The van der Waals surface area contributed by atoms with Crippen molar-refractivity contribution in [2.45, 2.75) is 33.7 Å². The lowest BCUT2D eigenvalue weighted by Crippen LogP contribution is -2.37. The molecule has 0 amide bonds. The highest BCUT2D eigenvalue weighted by atomic mass is 32.1. The van der Waals surface area contributed by atoms with Gasteiger partial charge in [0.25, 0.3) is 0 Å². The fourth-order valence-corrected chi connectivity index (χ4v) is 3.85. The van der Waals surface area contributed by atoms with Gasteiger partial charge >= 0.3 is 0 Å². The Morgan fingerprint density at radius 3 is 2.62 bits per heavy atom. The molecule has 114 valence electrons. The summed E-state index contributed by atoms with van der Waals surface area (Å²) in [5.41, 5.74) is 2.48. The molecular formula is C15H22N4S2. The molecule has 2 rings (SSSR count). The van der Waals surface area contributed by atoms with E-state index in [2.05, 4.69) is 52.8 Å². The first kappa shape index (κ1) is 16.0. The Balaban J connectivity index is 1.78. The Kier molecular flexibility index (Phi) is 5.76. The predicted octanol–water partition coefficient (Wildman–Crippen LogP) is 3.04. The first-order valence-electron chi connectivity index (χ1n) is 7.00. The normalized spacial score (nSPS) is 11.7. The van der Waals surface area contributed by atoms with E-state index in [4.69, 9.17) is 0 Å². The Hall–Kier alpha value is -1.40. The van der Waals surface area contributed by atoms with E-state index in [0.717, 1.165) is 36.2 Å². The molecule has 0 spiro atoms. The fraction of sp³-hybridized carbons (Fsp3) is 0.467. The molecule has 0 aliphatic carbocycles. The zero-order chi connectivity index (χ0) is 15.2. The summed E-state index contributed by atoms with van der Waals surface area (Å²) in [5.74, 6) is 0.849. The Morgan fingerprint density at radius 2 is 2.05 bits per heavy atom. The zero-order valence-corrected chi connectivity index (χ0v) is 14.6. The number of thiazole rings is 1. The summed E-state index contributed by atoms with van der Waals surface area (Å²) >= 11 is 3.55. The van der Waals surface area contributed by atoms with Crippen LogP contribution in [0.2, 0.25) is 0 Å². The topological polar surface area (TPSA) is 49.3 Å². The molecule has 0 bridgehead atoms. The van der Waals surface area contributed by atoms with E-state index < -0.39 is 0 Å². The second-order valence-corrected chi connectivity index (χ2v) is 7.16. The van der Waals surface area contributed by atoms with E-state index in [1.165, 1.54) is 15.3 Å². The van der Waals surface area contributed by atoms with Gasteiger partial charge in [-0.25, -0.2) is 4.98 Å². The highest BCUT2D eigenvalue weighted by Crippen LogP contribution is 2.17. The van der Waals surface area contributed by atoms with Crippen LogP contribution in [0.3, 0.4) is 0 Å². The van der Waals surface area contributed by atoms with Gasteiger partial charge in [-0.05, 0) is 37.8 Å². The van der Waals surface area contributed by atoms with Crippen molar-refractivity contribution in [2.24, 2.45) is 4.99 Å². The number of nitrogens with zero attached hydrogens (tertiary/aromatic N) is 2. The molecular weight excluding hydrogens is 300 g/mol. The first-order chi connectivity index (χ1) is 10.1. The van der Waals surface area contributed by atoms with Crippen molar-refractivity contribution >= 4 is 28.6 Å². The SMILES string of the molecule is CN=C(NCCc1sc(C)nc1C)NCc1sccc1C. The molecule has 0 aliphatic rings. The summed E-state index contributed by atoms with van der Waals surface area (Å²) in [6, 6.07) is 2.15. The van der Waals surface area contributed by atoms with Crippen LogP contribution >= 0.6 is 22.7 Å². The van der Waals surface area contributed by atoms with Gasteiger partial charge in [0.15, 0.2) is 5.96 Å². The monoisotopic (exact) mass is 322 g/mol. The van der Waals surface area contributed by atoms with Gasteiger partial charge < -0.3 is 10.6 Å². The molecule has 2 aromatic heterocycles. The number of nitrogens with one attached hydrogen (secondary N) is 2. The second-order valence-electron chi connectivity index (χ2n) is 4.87. The van der Waals surface area contributed by atoms with Crippen LogP contribution < -0.4 is 10.6 Å². The van der Waals surface area contributed by atoms with E-state index in [9.17, 15) is 0 Å². The predicted molar refractivity (Wildman–Crippen MR) is 92.5 cm³/mol. The van der Waals surface area contributed by atoms with Crippen LogP contribution in [-0.2, 0) is 13.0 Å². The Bertz CT molecular complexity index is 613. The number of aliphatic imine (C=N–C) groups is 1. The van der Waals surface area contributed by atoms with E-state index in [0.29, 0.717) is 0 Å². The average molecular weight is 323 g/mol. The number of aromatic nitrogens is 1. The quantitative estimate of drug-likeness (QED) is 0.657. The van der Waals surface area contributed by atoms with Crippen molar-refractivity contribution in [1.82, 2.24) is 15.6 Å². The third-order valence-electron chi connectivity index (χ3n) is 3.25. The van der Waals surface area contributed by atoms with Gasteiger partial charge in [0.05, 0.1) is 17.2 Å². The maximum Gasteiger partial charge on any atom is 0.191 e. The lowest BCUT2D eigenvalue weighted by molar-refractivity contribution is 0.799. The molecule has 0 unspecified atom stereocenters. The first-order valence-corrected chi connectivity index (χ1v) is 8.70. The number of hydrogen-bond acceptors (Lipinski definition) is 4. The summed E-state index contributed by atoms with van der Waals surface area (Å²) in [5, 5.41) is 9.97. The van der Waals surface area contributed by atoms with Crippen molar-refractivity contribution in [2.75, 3.05) is 13.6 Å². The summed E-state index contributed by atoms with van der Waals surface area (Å²) in [4.78, 5) is 11.4. The van der Waals surface area contributed by atoms with Crippen molar-refractivity contribution in [3.63, 3.8) is 0 Å². The summed E-state index contributed by atoms with van der Waals surface area (Å²) in [7, 11) is 1.80. The molecule has 2 aromatic rings. The molecule has 0 saturated carbocycles. The van der Waals surface area contributed by atoms with Gasteiger partial charge in [-0.15, -0.1) is 22.7 Å². The lowest BCUT2D eigenvalue weighted by Gasteiger charge is -2.11. The smallest absolute Gasteiger partial charge is 0.191 e.